The average molecular weight is 380 g/mol. The van der Waals surface area contributed by atoms with Crippen LogP contribution in [0.2, 0.25) is 0 Å². The molecule has 0 spiro atoms. The Bertz CT molecular complexity index is 1020. The molecule has 0 amide bonds. The van der Waals surface area contributed by atoms with Crippen LogP contribution in [0.15, 0.2) is 47.3 Å². The monoisotopic (exact) mass is 380 g/mol. The molecule has 0 aliphatic heterocycles. The normalized spacial score (nSPS) is 15.2. The van der Waals surface area contributed by atoms with Crippen LogP contribution in [0.4, 0.5) is 4.39 Å². The van der Waals surface area contributed by atoms with Crippen LogP contribution in [0.1, 0.15) is 43.8 Å². The van der Waals surface area contributed by atoms with Crippen molar-refractivity contribution in [3.05, 3.63) is 64.5 Å². The number of halogens is 1. The molecule has 0 atom stereocenters. The van der Waals surface area contributed by atoms with Crippen molar-refractivity contribution >= 4 is 10.9 Å². The highest BCUT2D eigenvalue weighted by Gasteiger charge is 2.23. The van der Waals surface area contributed by atoms with Crippen LogP contribution in [0.5, 0.6) is 0 Å². The van der Waals surface area contributed by atoms with Gasteiger partial charge in [-0.1, -0.05) is 43.5 Å². The summed E-state index contributed by atoms with van der Waals surface area (Å²) >= 11 is 0. The van der Waals surface area contributed by atoms with Gasteiger partial charge in [0.05, 0.1) is 24.1 Å². The lowest BCUT2D eigenvalue weighted by atomic mass is 9.88. The molecule has 5 heteroatoms. The van der Waals surface area contributed by atoms with Crippen LogP contribution in [-0.4, -0.2) is 23.3 Å². The van der Waals surface area contributed by atoms with E-state index in [-0.39, 0.29) is 11.4 Å². The molecule has 0 unspecified atom stereocenters. The predicted octanol–water partition coefficient (Wildman–Crippen LogP) is 4.90. The maximum atomic E-state index is 13.6. The molecule has 1 aliphatic rings. The van der Waals surface area contributed by atoms with Gasteiger partial charge in [0.2, 0.25) is 0 Å². The molecule has 28 heavy (non-hydrogen) atoms. The molecule has 4 nitrogen and oxygen atoms in total. The van der Waals surface area contributed by atoms with E-state index in [4.69, 9.17) is 9.72 Å². The predicted molar refractivity (Wildman–Crippen MR) is 109 cm³/mol. The van der Waals surface area contributed by atoms with Crippen molar-refractivity contribution in [3.8, 4) is 11.1 Å². The van der Waals surface area contributed by atoms with E-state index >= 15 is 0 Å². The second-order valence-electron chi connectivity index (χ2n) is 7.46. The fourth-order valence-electron chi connectivity index (χ4n) is 4.22. The molecule has 1 aromatic heterocycles. The Morgan fingerprint density at radius 1 is 1.11 bits per heavy atom. The Kier molecular flexibility index (Phi) is 5.53. The molecule has 0 saturated heterocycles. The first kappa shape index (κ1) is 18.8. The van der Waals surface area contributed by atoms with E-state index < -0.39 is 0 Å². The minimum absolute atomic E-state index is 0.0393. The van der Waals surface area contributed by atoms with Gasteiger partial charge in [0.15, 0.2) is 0 Å². The van der Waals surface area contributed by atoms with Crippen LogP contribution in [0.3, 0.4) is 0 Å². The van der Waals surface area contributed by atoms with Crippen molar-refractivity contribution in [2.45, 2.75) is 44.6 Å². The number of rotatable bonds is 5. The molecule has 3 aromatic rings. The Labute approximate surface area is 164 Å². The third kappa shape index (κ3) is 3.59. The molecular weight excluding hydrogens is 355 g/mol. The van der Waals surface area contributed by atoms with E-state index in [1.807, 2.05) is 18.2 Å². The van der Waals surface area contributed by atoms with Gasteiger partial charge < -0.3 is 4.74 Å². The number of aromatic nitrogens is 2. The highest BCUT2D eigenvalue weighted by Crippen LogP contribution is 2.33. The molecule has 1 fully saturated rings. The Morgan fingerprint density at radius 3 is 2.57 bits per heavy atom. The number of hydrogen-bond acceptors (Lipinski definition) is 3. The van der Waals surface area contributed by atoms with E-state index in [2.05, 4.69) is 0 Å². The third-order valence-electron chi connectivity index (χ3n) is 5.66. The van der Waals surface area contributed by atoms with Crippen LogP contribution in [-0.2, 0) is 11.3 Å². The SMILES string of the molecule is COCCn1c(C2CCCCC2)nc2cccc(-c3ccc(F)cc3)c2c1=O. The summed E-state index contributed by atoms with van der Waals surface area (Å²) in [5, 5.41) is 0.588. The van der Waals surface area contributed by atoms with E-state index in [1.54, 1.807) is 23.8 Å². The first-order valence-electron chi connectivity index (χ1n) is 9.97. The van der Waals surface area contributed by atoms with Gasteiger partial charge in [-0.25, -0.2) is 9.37 Å². The summed E-state index contributed by atoms with van der Waals surface area (Å²) in [5.41, 5.74) is 2.27. The van der Waals surface area contributed by atoms with Crippen molar-refractivity contribution in [1.29, 1.82) is 0 Å². The maximum absolute atomic E-state index is 13.6. The molecule has 146 valence electrons. The van der Waals surface area contributed by atoms with Crippen molar-refractivity contribution in [1.82, 2.24) is 9.55 Å². The summed E-state index contributed by atoms with van der Waals surface area (Å²) in [7, 11) is 1.64. The lowest BCUT2D eigenvalue weighted by Crippen LogP contribution is -2.29. The smallest absolute Gasteiger partial charge is 0.262 e. The highest BCUT2D eigenvalue weighted by atomic mass is 19.1. The molecule has 1 saturated carbocycles. The minimum atomic E-state index is -0.292. The first-order chi connectivity index (χ1) is 13.7. The van der Waals surface area contributed by atoms with Crippen molar-refractivity contribution in [2.75, 3.05) is 13.7 Å². The van der Waals surface area contributed by atoms with Crippen LogP contribution in [0, 0.1) is 5.82 Å². The zero-order chi connectivity index (χ0) is 19.5. The number of benzene rings is 2. The van der Waals surface area contributed by atoms with Gasteiger partial charge in [0, 0.05) is 13.0 Å². The molecule has 1 heterocycles. The summed E-state index contributed by atoms with van der Waals surface area (Å²) in [6.45, 7) is 0.952. The number of nitrogens with zero attached hydrogens (tertiary/aromatic N) is 2. The highest BCUT2D eigenvalue weighted by molar-refractivity contribution is 5.94. The zero-order valence-corrected chi connectivity index (χ0v) is 16.2. The van der Waals surface area contributed by atoms with Gasteiger partial charge >= 0.3 is 0 Å². The third-order valence-corrected chi connectivity index (χ3v) is 5.66. The fourth-order valence-corrected chi connectivity index (χ4v) is 4.22. The second-order valence-corrected chi connectivity index (χ2v) is 7.46. The molecular formula is C23H25FN2O2. The summed E-state index contributed by atoms with van der Waals surface area (Å²) < 4.78 is 20.4. The summed E-state index contributed by atoms with van der Waals surface area (Å²) in [4.78, 5) is 18.5. The minimum Gasteiger partial charge on any atom is -0.383 e. The van der Waals surface area contributed by atoms with E-state index in [9.17, 15) is 9.18 Å². The fraction of sp³-hybridized carbons (Fsp3) is 0.391. The zero-order valence-electron chi connectivity index (χ0n) is 16.2. The number of fused-ring (bicyclic) bond motifs is 1. The first-order valence-corrected chi connectivity index (χ1v) is 9.97. The summed E-state index contributed by atoms with van der Waals surface area (Å²) in [5.74, 6) is 0.905. The van der Waals surface area contributed by atoms with Crippen molar-refractivity contribution in [2.24, 2.45) is 0 Å². The van der Waals surface area contributed by atoms with E-state index in [1.165, 1.54) is 31.4 Å². The van der Waals surface area contributed by atoms with Crippen LogP contribution >= 0.6 is 0 Å². The summed E-state index contributed by atoms with van der Waals surface area (Å²) in [6, 6.07) is 12.0. The van der Waals surface area contributed by atoms with Gasteiger partial charge in [-0.3, -0.25) is 9.36 Å². The molecule has 0 N–H and O–H groups in total. The molecule has 0 bridgehead atoms. The lowest BCUT2D eigenvalue weighted by molar-refractivity contribution is 0.184. The van der Waals surface area contributed by atoms with Crippen molar-refractivity contribution in [3.63, 3.8) is 0 Å². The standard InChI is InChI=1S/C23H25FN2O2/c1-28-15-14-26-22(17-6-3-2-4-7-17)25-20-9-5-8-19(21(20)23(26)27)16-10-12-18(24)13-11-16/h5,8-13,17H,2-4,6-7,14-15H2,1H3. The second kappa shape index (κ2) is 8.23. The van der Waals surface area contributed by atoms with Gasteiger partial charge in [0.1, 0.15) is 11.6 Å². The van der Waals surface area contributed by atoms with Crippen molar-refractivity contribution < 1.29 is 9.13 Å². The largest absolute Gasteiger partial charge is 0.383 e. The molecule has 2 aromatic carbocycles. The summed E-state index contributed by atoms with van der Waals surface area (Å²) in [6.07, 6.45) is 5.75. The maximum Gasteiger partial charge on any atom is 0.262 e. The number of ether oxygens (including phenoxy) is 1. The number of methoxy groups -OCH3 is 1. The Balaban J connectivity index is 1.92. The van der Waals surface area contributed by atoms with Gasteiger partial charge in [-0.2, -0.15) is 0 Å². The van der Waals surface area contributed by atoms with E-state index in [0.29, 0.717) is 30.0 Å². The lowest BCUT2D eigenvalue weighted by Gasteiger charge is -2.25. The van der Waals surface area contributed by atoms with Gasteiger partial charge in [0.25, 0.3) is 5.56 Å². The average Bonchev–Trinajstić information content (AvgIpc) is 2.74. The Hall–Kier alpha value is -2.53. The topological polar surface area (TPSA) is 44.1 Å². The quantitative estimate of drug-likeness (QED) is 0.633. The van der Waals surface area contributed by atoms with Crippen LogP contribution < -0.4 is 5.56 Å². The Morgan fingerprint density at radius 2 is 1.86 bits per heavy atom. The van der Waals surface area contributed by atoms with Gasteiger partial charge in [-0.05, 0) is 42.2 Å². The molecule has 1 aliphatic carbocycles. The number of hydrogen-bond donors (Lipinski definition) is 0. The van der Waals surface area contributed by atoms with Crippen LogP contribution in [0.25, 0.3) is 22.0 Å². The molecule has 4 rings (SSSR count). The van der Waals surface area contributed by atoms with Gasteiger partial charge in [-0.15, -0.1) is 0 Å². The van der Waals surface area contributed by atoms with E-state index in [0.717, 1.165) is 29.8 Å². The molecule has 0 radical (unpaired) electrons.